The molecule has 0 bridgehead atoms. The monoisotopic (exact) mass is 255 g/mol. The second-order valence-corrected chi connectivity index (χ2v) is 4.44. The molecule has 2 aromatic rings. The van der Waals surface area contributed by atoms with Gasteiger partial charge in [-0.25, -0.2) is 0 Å². The number of aromatic nitrogens is 2. The maximum Gasteiger partial charge on any atom is 0.276 e. The lowest BCUT2D eigenvalue weighted by Crippen LogP contribution is -2.00. The number of hydrogen-bond donors (Lipinski definition) is 1. The van der Waals surface area contributed by atoms with Crippen molar-refractivity contribution in [3.05, 3.63) is 29.3 Å². The Morgan fingerprint density at radius 2 is 2.12 bits per heavy atom. The van der Waals surface area contributed by atoms with E-state index < -0.39 is 0 Å². The van der Waals surface area contributed by atoms with Gasteiger partial charge in [-0.2, -0.15) is 0 Å². The molecule has 16 heavy (non-hydrogen) atoms. The molecule has 1 aromatic carbocycles. The average molecular weight is 256 g/mol. The van der Waals surface area contributed by atoms with E-state index in [0.717, 1.165) is 11.3 Å². The van der Waals surface area contributed by atoms with Crippen LogP contribution in [0.4, 0.5) is 0 Å². The summed E-state index contributed by atoms with van der Waals surface area (Å²) in [4.78, 5) is 0. The summed E-state index contributed by atoms with van der Waals surface area (Å²) in [5, 5.41) is 8.95. The molecular weight excluding hydrogens is 246 g/mol. The quantitative estimate of drug-likeness (QED) is 0.850. The number of thioether (sulfide) groups is 1. The van der Waals surface area contributed by atoms with Crippen LogP contribution in [-0.4, -0.2) is 22.5 Å². The van der Waals surface area contributed by atoms with Gasteiger partial charge in [0.1, 0.15) is 0 Å². The Hall–Kier alpha value is -1.04. The smallest absolute Gasteiger partial charge is 0.276 e. The van der Waals surface area contributed by atoms with E-state index in [4.69, 9.17) is 21.8 Å². The van der Waals surface area contributed by atoms with Gasteiger partial charge < -0.3 is 10.2 Å². The largest absolute Gasteiger partial charge is 0.411 e. The maximum atomic E-state index is 6.02. The number of halogens is 1. The third-order valence-corrected chi connectivity index (χ3v) is 3.04. The van der Waals surface area contributed by atoms with E-state index in [1.165, 1.54) is 11.8 Å². The third-order valence-electron chi connectivity index (χ3n) is 1.85. The van der Waals surface area contributed by atoms with E-state index in [1.54, 1.807) is 6.07 Å². The van der Waals surface area contributed by atoms with E-state index >= 15 is 0 Å². The molecule has 84 valence electrons. The van der Waals surface area contributed by atoms with Crippen LogP contribution in [0.1, 0.15) is 0 Å². The van der Waals surface area contributed by atoms with Crippen LogP contribution in [0.2, 0.25) is 5.02 Å². The number of benzene rings is 1. The van der Waals surface area contributed by atoms with Gasteiger partial charge in [0.15, 0.2) is 0 Å². The van der Waals surface area contributed by atoms with Gasteiger partial charge in [-0.1, -0.05) is 35.5 Å². The van der Waals surface area contributed by atoms with E-state index in [2.05, 4.69) is 10.2 Å². The molecule has 0 unspecified atom stereocenters. The van der Waals surface area contributed by atoms with Crippen molar-refractivity contribution >= 4 is 23.4 Å². The number of hydrogen-bond acceptors (Lipinski definition) is 5. The van der Waals surface area contributed by atoms with Crippen molar-refractivity contribution in [1.29, 1.82) is 0 Å². The second-order valence-electron chi connectivity index (χ2n) is 2.99. The predicted molar refractivity (Wildman–Crippen MR) is 64.5 cm³/mol. The van der Waals surface area contributed by atoms with E-state index in [9.17, 15) is 0 Å². The standard InChI is InChI=1S/C10H10ClN3OS/c11-8-4-2-1-3-7(8)9-13-14-10(15-9)16-6-5-12/h1-4H,5-6,12H2. The Kier molecular flexibility index (Phi) is 3.82. The van der Waals surface area contributed by atoms with Crippen molar-refractivity contribution < 1.29 is 4.42 Å². The zero-order valence-corrected chi connectivity index (χ0v) is 9.96. The third kappa shape index (κ3) is 2.55. The molecule has 0 radical (unpaired) electrons. The summed E-state index contributed by atoms with van der Waals surface area (Å²) < 4.78 is 5.45. The zero-order chi connectivity index (χ0) is 11.4. The first-order valence-corrected chi connectivity index (χ1v) is 6.09. The van der Waals surface area contributed by atoms with Crippen LogP contribution in [0, 0.1) is 0 Å². The maximum absolute atomic E-state index is 6.02. The molecule has 1 heterocycles. The van der Waals surface area contributed by atoms with Crippen LogP contribution in [0.25, 0.3) is 11.5 Å². The molecule has 0 aliphatic carbocycles. The summed E-state index contributed by atoms with van der Waals surface area (Å²) in [5.41, 5.74) is 6.13. The van der Waals surface area contributed by atoms with Crippen LogP contribution in [0.5, 0.6) is 0 Å². The molecule has 1 aromatic heterocycles. The van der Waals surface area contributed by atoms with Gasteiger partial charge in [0.25, 0.3) is 5.22 Å². The van der Waals surface area contributed by atoms with Gasteiger partial charge in [0.2, 0.25) is 5.89 Å². The van der Waals surface area contributed by atoms with Gasteiger partial charge in [0.05, 0.1) is 10.6 Å². The van der Waals surface area contributed by atoms with Crippen LogP contribution in [0.3, 0.4) is 0 Å². The van der Waals surface area contributed by atoms with Gasteiger partial charge in [-0.05, 0) is 12.1 Å². The normalized spacial score (nSPS) is 10.6. The molecule has 6 heteroatoms. The molecule has 0 spiro atoms. The van der Waals surface area contributed by atoms with Crippen molar-refractivity contribution in [3.8, 4) is 11.5 Å². The molecular formula is C10H10ClN3OS. The Bertz CT molecular complexity index is 475. The minimum absolute atomic E-state index is 0.435. The van der Waals surface area contributed by atoms with Crippen molar-refractivity contribution in [2.75, 3.05) is 12.3 Å². The summed E-state index contributed by atoms with van der Waals surface area (Å²) in [6, 6.07) is 7.35. The van der Waals surface area contributed by atoms with Crippen LogP contribution in [-0.2, 0) is 0 Å². The average Bonchev–Trinajstić information content (AvgIpc) is 2.75. The lowest BCUT2D eigenvalue weighted by Gasteiger charge is -1.96. The number of nitrogens with zero attached hydrogens (tertiary/aromatic N) is 2. The van der Waals surface area contributed by atoms with Gasteiger partial charge in [0, 0.05) is 12.3 Å². The fourth-order valence-electron chi connectivity index (χ4n) is 1.16. The molecule has 0 aliphatic heterocycles. The predicted octanol–water partition coefficient (Wildman–Crippen LogP) is 2.44. The van der Waals surface area contributed by atoms with Crippen LogP contribution >= 0.6 is 23.4 Å². The SMILES string of the molecule is NCCSc1nnc(-c2ccccc2Cl)o1. The fourth-order valence-corrected chi connectivity index (χ4v) is 1.90. The summed E-state index contributed by atoms with van der Waals surface area (Å²) in [6.45, 7) is 0.578. The van der Waals surface area contributed by atoms with E-state index in [-0.39, 0.29) is 0 Å². The van der Waals surface area contributed by atoms with E-state index in [0.29, 0.717) is 22.7 Å². The van der Waals surface area contributed by atoms with Crippen molar-refractivity contribution in [2.24, 2.45) is 5.73 Å². The van der Waals surface area contributed by atoms with Gasteiger partial charge in [-0.15, -0.1) is 10.2 Å². The van der Waals surface area contributed by atoms with Crippen LogP contribution in [0.15, 0.2) is 33.9 Å². The highest BCUT2D eigenvalue weighted by Gasteiger charge is 2.11. The highest BCUT2D eigenvalue weighted by Crippen LogP contribution is 2.28. The highest BCUT2D eigenvalue weighted by molar-refractivity contribution is 7.99. The summed E-state index contributed by atoms with van der Waals surface area (Å²) in [7, 11) is 0. The van der Waals surface area contributed by atoms with E-state index in [1.807, 2.05) is 18.2 Å². The van der Waals surface area contributed by atoms with Crippen molar-refractivity contribution in [1.82, 2.24) is 10.2 Å². The Labute approximate surface area is 102 Å². The summed E-state index contributed by atoms with van der Waals surface area (Å²) >= 11 is 7.45. The van der Waals surface area contributed by atoms with Gasteiger partial charge in [-0.3, -0.25) is 0 Å². The Morgan fingerprint density at radius 3 is 2.88 bits per heavy atom. The second kappa shape index (κ2) is 5.34. The fraction of sp³-hybridized carbons (Fsp3) is 0.200. The molecule has 0 atom stereocenters. The molecule has 0 saturated heterocycles. The Balaban J connectivity index is 2.22. The van der Waals surface area contributed by atoms with Crippen LogP contribution < -0.4 is 5.73 Å². The zero-order valence-electron chi connectivity index (χ0n) is 8.39. The lowest BCUT2D eigenvalue weighted by molar-refractivity contribution is 0.466. The first-order chi connectivity index (χ1) is 7.81. The molecule has 2 rings (SSSR count). The minimum Gasteiger partial charge on any atom is -0.411 e. The lowest BCUT2D eigenvalue weighted by atomic mass is 10.2. The molecule has 0 fully saturated rings. The first-order valence-electron chi connectivity index (χ1n) is 4.72. The molecule has 4 nitrogen and oxygen atoms in total. The molecule has 0 amide bonds. The summed E-state index contributed by atoms with van der Waals surface area (Å²) in [5.74, 6) is 1.19. The summed E-state index contributed by atoms with van der Waals surface area (Å²) in [6.07, 6.45) is 0. The van der Waals surface area contributed by atoms with Crippen molar-refractivity contribution in [2.45, 2.75) is 5.22 Å². The molecule has 0 saturated carbocycles. The number of rotatable bonds is 4. The van der Waals surface area contributed by atoms with Crippen molar-refractivity contribution in [3.63, 3.8) is 0 Å². The Morgan fingerprint density at radius 1 is 1.31 bits per heavy atom. The first kappa shape index (κ1) is 11.4. The topological polar surface area (TPSA) is 64.9 Å². The number of nitrogens with two attached hydrogens (primary N) is 1. The highest BCUT2D eigenvalue weighted by atomic mass is 35.5. The molecule has 0 aliphatic rings. The molecule has 2 N–H and O–H groups in total. The van der Waals surface area contributed by atoms with Gasteiger partial charge >= 0.3 is 0 Å². The minimum atomic E-state index is 0.435.